The second kappa shape index (κ2) is 12.2. The number of halogens is 1. The number of ether oxygens (including phenoxy) is 1. The van der Waals surface area contributed by atoms with E-state index < -0.39 is 0 Å². The zero-order valence-corrected chi connectivity index (χ0v) is 20.2. The Morgan fingerprint density at radius 2 is 2.08 bits per heavy atom. The topological polar surface area (TPSA) is 61.8 Å². The molecule has 1 aliphatic rings. The Hall–Kier alpha value is -0.260. The van der Waals surface area contributed by atoms with Crippen LogP contribution in [0.3, 0.4) is 0 Å². The molecule has 2 N–H and O–H groups in total. The van der Waals surface area contributed by atoms with Crippen LogP contribution in [-0.4, -0.2) is 61.8 Å². The molecule has 0 unspecified atom stereocenters. The zero-order valence-electron chi connectivity index (χ0n) is 16.2. The van der Waals surface area contributed by atoms with Crippen LogP contribution in [0.4, 0.5) is 5.13 Å². The number of hydrogen-bond donors (Lipinski definition) is 2. The Morgan fingerprint density at radius 3 is 2.65 bits per heavy atom. The van der Waals surface area contributed by atoms with Gasteiger partial charge in [0.2, 0.25) is 0 Å². The zero-order chi connectivity index (χ0) is 18.1. The maximum atomic E-state index is 5.55. The molecule has 9 heteroatoms. The van der Waals surface area contributed by atoms with E-state index in [4.69, 9.17) is 9.73 Å². The van der Waals surface area contributed by atoms with Gasteiger partial charge in [-0.25, -0.2) is 9.98 Å². The molecule has 0 atom stereocenters. The summed E-state index contributed by atoms with van der Waals surface area (Å²) in [7, 11) is 4.02. The summed E-state index contributed by atoms with van der Waals surface area (Å²) in [5.74, 6) is 1.99. The number of anilines is 1. The van der Waals surface area contributed by atoms with Crippen molar-refractivity contribution in [3.05, 3.63) is 11.1 Å². The first-order chi connectivity index (χ1) is 12.1. The van der Waals surface area contributed by atoms with E-state index in [1.165, 1.54) is 0 Å². The van der Waals surface area contributed by atoms with Crippen molar-refractivity contribution >= 4 is 58.2 Å². The molecule has 150 valence electrons. The van der Waals surface area contributed by atoms with E-state index in [2.05, 4.69) is 34.8 Å². The second-order valence-corrected chi connectivity index (χ2v) is 8.86. The second-order valence-electron chi connectivity index (χ2n) is 6.29. The molecular weight excluding hydrogens is 481 g/mol. The number of aliphatic imine (C=N–C) groups is 1. The van der Waals surface area contributed by atoms with Gasteiger partial charge in [-0.15, -0.1) is 35.3 Å². The molecule has 0 aliphatic carbocycles. The molecule has 1 fully saturated rings. The number of rotatable bonds is 8. The van der Waals surface area contributed by atoms with E-state index in [1.807, 2.05) is 30.8 Å². The van der Waals surface area contributed by atoms with Crippen LogP contribution in [0.15, 0.2) is 10.4 Å². The van der Waals surface area contributed by atoms with Gasteiger partial charge in [-0.1, -0.05) is 6.92 Å². The van der Waals surface area contributed by atoms with Gasteiger partial charge in [0.1, 0.15) is 0 Å². The predicted molar refractivity (Wildman–Crippen MR) is 126 cm³/mol. The van der Waals surface area contributed by atoms with Crippen molar-refractivity contribution in [1.29, 1.82) is 0 Å². The first-order valence-corrected chi connectivity index (χ1v) is 10.8. The number of hydrogen-bond acceptors (Lipinski definition) is 6. The van der Waals surface area contributed by atoms with E-state index in [9.17, 15) is 0 Å². The molecule has 1 aromatic rings. The van der Waals surface area contributed by atoms with Crippen LogP contribution in [0.25, 0.3) is 0 Å². The molecule has 0 bridgehead atoms. The molecular formula is C17H32IN5OS2. The summed E-state index contributed by atoms with van der Waals surface area (Å²) in [6, 6.07) is 0. The lowest BCUT2D eigenvalue weighted by Gasteiger charge is -2.37. The Kier molecular flexibility index (Phi) is 11.2. The Bertz CT molecular complexity index is 542. The van der Waals surface area contributed by atoms with E-state index in [1.54, 1.807) is 11.3 Å². The average molecular weight is 514 g/mol. The van der Waals surface area contributed by atoms with Crippen LogP contribution in [0.5, 0.6) is 0 Å². The van der Waals surface area contributed by atoms with Gasteiger partial charge in [-0.3, -0.25) is 0 Å². The molecule has 1 aliphatic heterocycles. The van der Waals surface area contributed by atoms with Crippen molar-refractivity contribution in [2.24, 2.45) is 4.99 Å². The number of thiazole rings is 1. The maximum absolute atomic E-state index is 5.55. The molecule has 1 aromatic heterocycles. The summed E-state index contributed by atoms with van der Waals surface area (Å²) < 4.78 is 5.81. The van der Waals surface area contributed by atoms with Crippen LogP contribution in [0, 0.1) is 0 Å². The van der Waals surface area contributed by atoms with Crippen LogP contribution in [0.2, 0.25) is 0 Å². The highest BCUT2D eigenvalue weighted by molar-refractivity contribution is 14.0. The fourth-order valence-corrected chi connectivity index (χ4v) is 4.73. The van der Waals surface area contributed by atoms with Crippen molar-refractivity contribution in [2.75, 3.05) is 51.1 Å². The molecule has 6 nitrogen and oxygen atoms in total. The van der Waals surface area contributed by atoms with E-state index in [-0.39, 0.29) is 28.7 Å². The van der Waals surface area contributed by atoms with Gasteiger partial charge in [-0.2, -0.15) is 11.8 Å². The third-order valence-electron chi connectivity index (χ3n) is 4.10. The number of aromatic nitrogens is 1. The number of guanidine groups is 1. The van der Waals surface area contributed by atoms with Crippen LogP contribution >= 0.6 is 47.1 Å². The molecule has 0 radical (unpaired) electrons. The molecule has 0 spiro atoms. The van der Waals surface area contributed by atoms with Crippen LogP contribution in [0.1, 0.15) is 32.4 Å². The van der Waals surface area contributed by atoms with E-state index in [0.29, 0.717) is 6.54 Å². The Balaban J connectivity index is 0.00000338. The van der Waals surface area contributed by atoms with Gasteiger partial charge in [0.25, 0.3) is 0 Å². The van der Waals surface area contributed by atoms with Gasteiger partial charge < -0.3 is 20.3 Å². The quantitative estimate of drug-likeness (QED) is 0.317. The minimum Gasteiger partial charge on any atom is -0.381 e. The summed E-state index contributed by atoms with van der Waals surface area (Å²) in [5, 5.41) is 9.98. The number of nitrogens with zero attached hydrogens (tertiary/aromatic N) is 3. The van der Waals surface area contributed by atoms with Crippen LogP contribution in [-0.2, 0) is 11.3 Å². The Morgan fingerprint density at radius 1 is 1.35 bits per heavy atom. The first kappa shape index (κ1) is 23.8. The SMILES string of the molecule is CCNC(=NCc1csc(N(C)C)n1)NCC1(SCC)CCOCC1.I. The van der Waals surface area contributed by atoms with Crippen molar-refractivity contribution in [1.82, 2.24) is 15.6 Å². The lowest BCUT2D eigenvalue weighted by molar-refractivity contribution is 0.0782. The normalized spacial score (nSPS) is 16.7. The molecule has 0 aromatic carbocycles. The van der Waals surface area contributed by atoms with Crippen molar-refractivity contribution in [3.63, 3.8) is 0 Å². The number of thioether (sulfide) groups is 1. The molecule has 2 heterocycles. The van der Waals surface area contributed by atoms with Crippen molar-refractivity contribution in [3.8, 4) is 0 Å². The highest BCUT2D eigenvalue weighted by Gasteiger charge is 2.32. The summed E-state index contributed by atoms with van der Waals surface area (Å²) >= 11 is 3.69. The van der Waals surface area contributed by atoms with Gasteiger partial charge in [-0.05, 0) is 25.5 Å². The Labute approximate surface area is 183 Å². The molecule has 0 saturated carbocycles. The fourth-order valence-electron chi connectivity index (χ4n) is 2.74. The summed E-state index contributed by atoms with van der Waals surface area (Å²) in [6.07, 6.45) is 2.19. The highest BCUT2D eigenvalue weighted by atomic mass is 127. The minimum absolute atomic E-state index is 0. The third-order valence-corrected chi connectivity index (χ3v) is 6.61. The molecule has 26 heavy (non-hydrogen) atoms. The molecule has 1 saturated heterocycles. The smallest absolute Gasteiger partial charge is 0.191 e. The summed E-state index contributed by atoms with van der Waals surface area (Å²) in [5.41, 5.74) is 1.01. The lowest BCUT2D eigenvalue weighted by atomic mass is 9.99. The van der Waals surface area contributed by atoms with E-state index >= 15 is 0 Å². The maximum Gasteiger partial charge on any atom is 0.191 e. The minimum atomic E-state index is 0. The fraction of sp³-hybridized carbons (Fsp3) is 0.765. The summed E-state index contributed by atoms with van der Waals surface area (Å²) in [6.45, 7) is 8.39. The van der Waals surface area contributed by atoms with Crippen molar-refractivity contribution < 1.29 is 4.74 Å². The van der Waals surface area contributed by atoms with E-state index in [0.717, 1.165) is 61.7 Å². The predicted octanol–water partition coefficient (Wildman–Crippen LogP) is 3.18. The van der Waals surface area contributed by atoms with Gasteiger partial charge >= 0.3 is 0 Å². The average Bonchev–Trinajstić information content (AvgIpc) is 3.08. The van der Waals surface area contributed by atoms with Gasteiger partial charge in [0, 0.05) is 50.5 Å². The third kappa shape index (κ3) is 7.40. The van der Waals surface area contributed by atoms with Crippen molar-refractivity contribution in [2.45, 2.75) is 38.0 Å². The summed E-state index contributed by atoms with van der Waals surface area (Å²) in [4.78, 5) is 11.3. The standard InChI is InChI=1S/C17H31N5OS2.HI/c1-5-18-15(19-11-14-12-24-16(21-14)22(3)4)20-13-17(25-6-2)7-9-23-10-8-17;/h12H,5-11,13H2,1-4H3,(H2,18,19,20);1H. The van der Waals surface area contributed by atoms with Gasteiger partial charge in [0.05, 0.1) is 12.2 Å². The highest BCUT2D eigenvalue weighted by Crippen LogP contribution is 2.34. The van der Waals surface area contributed by atoms with Gasteiger partial charge in [0.15, 0.2) is 11.1 Å². The molecule has 0 amide bonds. The lowest BCUT2D eigenvalue weighted by Crippen LogP contribution is -2.48. The largest absolute Gasteiger partial charge is 0.381 e. The van der Waals surface area contributed by atoms with Crippen LogP contribution < -0.4 is 15.5 Å². The molecule has 2 rings (SSSR count). The number of nitrogens with one attached hydrogen (secondary N) is 2. The first-order valence-electron chi connectivity index (χ1n) is 8.94. The monoisotopic (exact) mass is 513 g/mol.